The first kappa shape index (κ1) is 69.6. The number of carbonyl (C=O) groups excluding carboxylic acids is 1. The van der Waals surface area contributed by atoms with E-state index in [9.17, 15) is 4.79 Å². The Bertz CT molecular complexity index is 1670. The Hall–Kier alpha value is 9.57. The monoisotopic (exact) mass is 1450 g/mol. The smallest absolute Gasteiger partial charge is 0.488 e. The number of nitrogens with zero attached hydrogens (tertiary/aromatic N) is 2. The van der Waals surface area contributed by atoms with Crippen molar-refractivity contribution < 1.29 is 19.6 Å². The van der Waals surface area contributed by atoms with Crippen molar-refractivity contribution in [1.82, 2.24) is 9.97 Å². The van der Waals surface area contributed by atoms with Crippen LogP contribution in [0.1, 0.15) is 10.4 Å². The summed E-state index contributed by atoms with van der Waals surface area (Å²) in [5.41, 5.74) is 3.09. The van der Waals surface area contributed by atoms with Crippen LogP contribution in [0.2, 0.25) is 0 Å². The quantitative estimate of drug-likeness (QED) is 0.0474. The number of rotatable bonds is 17. The Morgan fingerprint density at radius 3 is 1.13 bits per heavy atom. The molecule has 0 aliphatic rings. The Balaban J connectivity index is 0.000000484. The predicted octanol–water partition coefficient (Wildman–Crippen LogP) is 21.0. The molecule has 0 fully saturated rings. The predicted molar refractivity (Wildman–Crippen MR) is 382 cm³/mol. The van der Waals surface area contributed by atoms with E-state index in [0.717, 1.165) is 22.1 Å². The van der Waals surface area contributed by atoms with E-state index in [1.54, 1.807) is 55.9 Å². The minimum Gasteiger partial charge on any atom is -0.497 e. The molecule has 6 nitrogen and oxygen atoms in total. The van der Waals surface area contributed by atoms with Crippen LogP contribution in [0, 0.1) is 0 Å². The third-order valence-corrected chi connectivity index (χ3v) is 203. The molecule has 2 aromatic heterocycles. The van der Waals surface area contributed by atoms with Gasteiger partial charge in [0.05, 0.1) is 12.8 Å². The second-order valence-electron chi connectivity index (χ2n) is 10.9. The molecule has 0 saturated heterocycles. The second kappa shape index (κ2) is 39.9. The molecule has 0 amide bonds. The van der Waals surface area contributed by atoms with Crippen LogP contribution in [0.15, 0.2) is 102 Å². The van der Waals surface area contributed by atoms with Crippen LogP contribution < -0.4 is 10.2 Å². The maximum Gasteiger partial charge on any atom is 0.488 e. The molecule has 0 bridgehead atoms. The number of hydrogen-bond acceptors (Lipinski definition) is 6. The van der Waals surface area contributed by atoms with Crippen LogP contribution in [0.25, 0.3) is 11.3 Å². The zero-order valence-corrected chi connectivity index (χ0v) is 65.5. The first-order valence-electron chi connectivity index (χ1n) is 16.3. The number of ether oxygens (including phenoxy) is 1. The summed E-state index contributed by atoms with van der Waals surface area (Å²) in [7, 11) is 52.8. The lowest BCUT2D eigenvalue weighted by atomic mass is 9.80. The van der Waals surface area contributed by atoms with Gasteiger partial charge in [0.1, 0.15) is 16.6 Å². The zero-order chi connectivity index (χ0) is 47.3. The van der Waals surface area contributed by atoms with Crippen molar-refractivity contribution in [3.63, 3.8) is 0 Å². The summed E-state index contributed by atoms with van der Waals surface area (Å²) < 4.78 is 5.77. The molecule has 0 radical (unpaired) electrons. The molecule has 2 N–H and O–H groups in total. The average Bonchev–Trinajstić information content (AvgIpc) is 3.20. The van der Waals surface area contributed by atoms with Gasteiger partial charge >= 0.3 is 7.12 Å². The third-order valence-electron chi connectivity index (χ3n) is 6.50. The maximum atomic E-state index is 10.4. The minimum atomic E-state index is -1.40. The second-order valence-corrected chi connectivity index (χ2v) is 133. The third kappa shape index (κ3) is 27.2. The molecular weight excluding hydrogens is 1400 g/mol. The van der Waals surface area contributed by atoms with E-state index in [-0.39, 0.29) is 97.8 Å². The van der Waals surface area contributed by atoms with E-state index < -0.39 is 7.12 Å². The molecule has 2 aromatic carbocycles. The summed E-state index contributed by atoms with van der Waals surface area (Å²) in [6.45, 7) is -0.252. The molecule has 344 valence electrons. The van der Waals surface area contributed by atoms with Gasteiger partial charge in [0.15, 0.2) is 0 Å². The number of benzene rings is 2. The highest BCUT2D eigenvalue weighted by Gasteiger charge is 2.50. The highest BCUT2D eigenvalue weighted by atomic mass is 79.9. The maximum absolute atomic E-state index is 10.4. The average molecular weight is 1450 g/mol. The van der Waals surface area contributed by atoms with E-state index >= 15 is 0 Å². The lowest BCUT2D eigenvalue weighted by Gasteiger charge is -2.52. The van der Waals surface area contributed by atoms with E-state index in [1.165, 1.54) is 0 Å². The van der Waals surface area contributed by atoms with Crippen molar-refractivity contribution >= 4 is 275 Å². The molecule has 16 unspecified atom stereocenters. The van der Waals surface area contributed by atoms with Gasteiger partial charge in [-0.3, -0.25) is 9.78 Å². The highest BCUT2D eigenvalue weighted by molar-refractivity contribution is 9.44. The fraction of sp³-hybridized carbons (Fsp3) is 0.0417. The van der Waals surface area contributed by atoms with Crippen LogP contribution in [-0.2, 0) is 0 Å². The summed E-state index contributed by atoms with van der Waals surface area (Å²) >= 11 is 3.20. The molecule has 62 heavy (non-hydrogen) atoms. The standard InChI is InChI=1S/C12H9NO.C7H9BO3.C5H4BrN.H32P30/c14-9-10-4-6-11(7-5-10)12-3-1-2-8-13-12;1-11-7-4-2-6(3-5-7)8(9)10;6-5-3-1-2-4-7-5;1-17(2)25(18(3)4)29(26(19(5)6)20(7)8)30(27(21(9)10)22(11)12)28(23(13)14)24(15)16/h1-9H;2-5,9-10H,1H3;1-4H;1-16H2. The van der Waals surface area contributed by atoms with Crippen LogP contribution in [-0.4, -0.2) is 40.5 Å². The van der Waals surface area contributed by atoms with Gasteiger partial charge in [0, 0.05) is 23.5 Å². The van der Waals surface area contributed by atoms with E-state index in [4.69, 9.17) is 14.8 Å². The Labute approximate surface area is 432 Å². The number of pyridine rings is 2. The SMILES string of the molecule is Brc1ccccn1.COc1ccc(B(O)O)cc1.O=Cc1ccc(-c2ccccn2)cc1.PP(P)P(P(P)P)P(P(P(P)P)P(P)P)P(P(P(P)P)P(P)P)P(P(P)P)P(P)P. The molecule has 2 heterocycles. The Morgan fingerprint density at radius 2 is 0.887 bits per heavy atom. The molecule has 16 atom stereocenters. The van der Waals surface area contributed by atoms with Gasteiger partial charge in [0.2, 0.25) is 0 Å². The Morgan fingerprint density at radius 1 is 0.516 bits per heavy atom. The topological polar surface area (TPSA) is 92.5 Å². The van der Waals surface area contributed by atoms with Gasteiger partial charge < -0.3 is 14.8 Å². The number of halogens is 1. The first-order chi connectivity index (χ1) is 29.1. The van der Waals surface area contributed by atoms with Crippen molar-refractivity contribution in [3.8, 4) is 17.0 Å². The fourth-order valence-electron chi connectivity index (χ4n) is 4.03. The molecule has 4 rings (SSSR count). The first-order valence-corrected chi connectivity index (χ1v) is 70.9. The lowest BCUT2D eigenvalue weighted by molar-refractivity contribution is 0.112. The summed E-state index contributed by atoms with van der Waals surface area (Å²) in [5, 5.41) is 17.4. The van der Waals surface area contributed by atoms with Crippen molar-refractivity contribution in [1.29, 1.82) is 0 Å². The van der Waals surface area contributed by atoms with Crippen LogP contribution in [0.5, 0.6) is 5.75 Å². The van der Waals surface area contributed by atoms with Crippen molar-refractivity contribution in [3.05, 3.63) is 107 Å². The van der Waals surface area contributed by atoms with Gasteiger partial charge in [-0.15, -0.1) is 143 Å². The van der Waals surface area contributed by atoms with Gasteiger partial charge in [-0.1, -0.05) is 48.5 Å². The van der Waals surface area contributed by atoms with Crippen LogP contribution >= 0.6 is 257 Å². The number of methoxy groups -OCH3 is 1. The largest absolute Gasteiger partial charge is 0.497 e. The van der Waals surface area contributed by atoms with E-state index in [2.05, 4.69) is 169 Å². The fourth-order valence-corrected chi connectivity index (χ4v) is 402. The van der Waals surface area contributed by atoms with Crippen molar-refractivity contribution in [2.75, 3.05) is 7.11 Å². The molecule has 0 saturated carbocycles. The molecule has 38 heteroatoms. The summed E-state index contributed by atoms with van der Waals surface area (Å²) in [6, 6.07) is 25.4. The van der Waals surface area contributed by atoms with Crippen molar-refractivity contribution in [2.24, 2.45) is 0 Å². The van der Waals surface area contributed by atoms with Crippen molar-refractivity contribution in [2.45, 2.75) is 0 Å². The minimum absolute atomic E-state index is 0.0331. The number of aldehydes is 1. The zero-order valence-electron chi connectivity index (χ0n) is 32.9. The van der Waals surface area contributed by atoms with Gasteiger partial charge in [-0.05, 0) is 156 Å². The number of aromatic nitrogens is 2. The summed E-state index contributed by atoms with van der Waals surface area (Å²) in [4.78, 5) is 18.6. The van der Waals surface area contributed by atoms with Gasteiger partial charge in [0.25, 0.3) is 0 Å². The molecular formula is C24H54BBrN2O4P30. The van der Waals surface area contributed by atoms with Crippen LogP contribution in [0.3, 0.4) is 0 Å². The summed E-state index contributed by atoms with van der Waals surface area (Å²) in [5.74, 6) is 0.703. The van der Waals surface area contributed by atoms with Gasteiger partial charge in [-0.2, -0.15) is 0 Å². The number of hydrogen-bond donors (Lipinski definition) is 2. The highest BCUT2D eigenvalue weighted by Crippen LogP contribution is 3.38. The molecule has 0 aliphatic heterocycles. The molecule has 0 aliphatic carbocycles. The van der Waals surface area contributed by atoms with Gasteiger partial charge in [-0.25, -0.2) is 4.98 Å². The van der Waals surface area contributed by atoms with E-state index in [0.29, 0.717) is 16.8 Å². The Kier molecular flexibility index (Phi) is 44.7. The number of carbonyl (C=O) groups is 1. The van der Waals surface area contributed by atoms with Crippen LogP contribution in [0.4, 0.5) is 0 Å². The molecule has 4 aromatic rings. The lowest BCUT2D eigenvalue weighted by Crippen LogP contribution is -2.29. The normalized spacial score (nSPS) is 11.7. The van der Waals surface area contributed by atoms with E-state index in [1.807, 2.05) is 48.5 Å². The molecule has 0 spiro atoms. The summed E-state index contributed by atoms with van der Waals surface area (Å²) in [6.07, 6.45) is 4.33.